The molecule has 1 aromatic rings. The van der Waals surface area contributed by atoms with Gasteiger partial charge in [0, 0.05) is 19.3 Å². The summed E-state index contributed by atoms with van der Waals surface area (Å²) in [7, 11) is 0. The van der Waals surface area contributed by atoms with E-state index in [0.717, 1.165) is 32.2 Å². The smallest absolute Gasteiger partial charge is 0.306 e. The van der Waals surface area contributed by atoms with E-state index in [9.17, 15) is 9.59 Å². The molecule has 2 unspecified atom stereocenters. The van der Waals surface area contributed by atoms with Crippen LogP contribution >= 0.6 is 0 Å². The zero-order valence-electron chi connectivity index (χ0n) is 11.8. The standard InChI is InChI=1S/C15H22N2O3/c1-2-8-17-9-4-7-13(17)14(18)16-10-11-5-3-6-12(11)15(19)20/h4,7,9,11-12H,2-3,5-6,8,10H2,1H3,(H,16,18)(H,19,20). The number of carboxylic acids is 1. The van der Waals surface area contributed by atoms with Crippen molar-refractivity contribution in [3.63, 3.8) is 0 Å². The maximum atomic E-state index is 12.2. The van der Waals surface area contributed by atoms with Crippen LogP contribution in [0, 0.1) is 11.8 Å². The van der Waals surface area contributed by atoms with Gasteiger partial charge in [-0.05, 0) is 37.3 Å². The zero-order chi connectivity index (χ0) is 14.5. The summed E-state index contributed by atoms with van der Waals surface area (Å²) in [5.74, 6) is -1.10. The molecule has 2 N–H and O–H groups in total. The molecule has 1 aliphatic carbocycles. The summed E-state index contributed by atoms with van der Waals surface area (Å²) in [5.41, 5.74) is 0.650. The van der Waals surface area contributed by atoms with Gasteiger partial charge in [-0.15, -0.1) is 0 Å². The number of carbonyl (C=O) groups excluding carboxylic acids is 1. The van der Waals surface area contributed by atoms with E-state index in [4.69, 9.17) is 5.11 Å². The molecule has 0 radical (unpaired) electrons. The number of amides is 1. The first-order valence-corrected chi connectivity index (χ1v) is 7.29. The van der Waals surface area contributed by atoms with Gasteiger partial charge in [-0.2, -0.15) is 0 Å². The Hall–Kier alpha value is -1.78. The minimum atomic E-state index is -0.740. The number of carboxylic acid groups (broad SMARTS) is 1. The number of aryl methyl sites for hydroxylation is 1. The molecule has 1 saturated carbocycles. The first kappa shape index (κ1) is 14.6. The number of aromatic nitrogens is 1. The monoisotopic (exact) mass is 278 g/mol. The topological polar surface area (TPSA) is 71.3 Å². The third-order valence-corrected chi connectivity index (χ3v) is 4.03. The summed E-state index contributed by atoms with van der Waals surface area (Å²) < 4.78 is 1.93. The molecule has 5 nitrogen and oxygen atoms in total. The van der Waals surface area contributed by atoms with Crippen LogP contribution in [0.3, 0.4) is 0 Å². The third-order valence-electron chi connectivity index (χ3n) is 4.03. The molecule has 0 bridgehead atoms. The molecule has 20 heavy (non-hydrogen) atoms. The Balaban J connectivity index is 1.91. The molecule has 5 heteroatoms. The highest BCUT2D eigenvalue weighted by molar-refractivity contribution is 5.92. The van der Waals surface area contributed by atoms with Gasteiger partial charge < -0.3 is 15.0 Å². The summed E-state index contributed by atoms with van der Waals surface area (Å²) in [6.07, 6.45) is 5.41. The molecular formula is C15H22N2O3. The number of nitrogens with one attached hydrogen (secondary N) is 1. The molecule has 1 fully saturated rings. The Morgan fingerprint density at radius 1 is 1.45 bits per heavy atom. The molecule has 0 spiro atoms. The van der Waals surface area contributed by atoms with Crippen molar-refractivity contribution in [1.82, 2.24) is 9.88 Å². The molecule has 2 atom stereocenters. The summed E-state index contributed by atoms with van der Waals surface area (Å²) in [6.45, 7) is 3.34. The Labute approximate surface area is 119 Å². The normalized spacial score (nSPS) is 21.9. The Morgan fingerprint density at radius 3 is 2.95 bits per heavy atom. The second-order valence-electron chi connectivity index (χ2n) is 5.43. The van der Waals surface area contributed by atoms with Crippen molar-refractivity contribution in [1.29, 1.82) is 0 Å². The summed E-state index contributed by atoms with van der Waals surface area (Å²) in [5, 5.41) is 12.0. The van der Waals surface area contributed by atoms with Crippen LogP contribution < -0.4 is 5.32 Å². The highest BCUT2D eigenvalue weighted by Gasteiger charge is 2.32. The largest absolute Gasteiger partial charge is 0.481 e. The van der Waals surface area contributed by atoms with Gasteiger partial charge in [-0.1, -0.05) is 13.3 Å². The molecule has 0 aromatic carbocycles. The van der Waals surface area contributed by atoms with Gasteiger partial charge >= 0.3 is 5.97 Å². The fourth-order valence-electron chi connectivity index (χ4n) is 2.98. The lowest BCUT2D eigenvalue weighted by Gasteiger charge is -2.16. The quantitative estimate of drug-likeness (QED) is 0.837. The Kier molecular flexibility index (Phi) is 4.82. The fourth-order valence-corrected chi connectivity index (χ4v) is 2.98. The number of hydrogen-bond acceptors (Lipinski definition) is 2. The number of nitrogens with zero attached hydrogens (tertiary/aromatic N) is 1. The highest BCUT2D eigenvalue weighted by atomic mass is 16.4. The fraction of sp³-hybridized carbons (Fsp3) is 0.600. The van der Waals surface area contributed by atoms with Crippen LogP contribution in [0.1, 0.15) is 43.1 Å². The average Bonchev–Trinajstić information content (AvgIpc) is 3.04. The lowest BCUT2D eigenvalue weighted by atomic mass is 9.96. The first-order valence-electron chi connectivity index (χ1n) is 7.29. The number of aliphatic carboxylic acids is 1. The van der Waals surface area contributed by atoms with E-state index in [0.29, 0.717) is 12.2 Å². The van der Waals surface area contributed by atoms with Gasteiger partial charge in [0.2, 0.25) is 0 Å². The van der Waals surface area contributed by atoms with Gasteiger partial charge in [-0.25, -0.2) is 0 Å². The van der Waals surface area contributed by atoms with Crippen molar-refractivity contribution in [3.05, 3.63) is 24.0 Å². The van der Waals surface area contributed by atoms with Crippen molar-refractivity contribution in [3.8, 4) is 0 Å². The lowest BCUT2D eigenvalue weighted by Crippen LogP contribution is -2.34. The van der Waals surface area contributed by atoms with Gasteiger partial charge in [0.15, 0.2) is 0 Å². The first-order chi connectivity index (χ1) is 9.63. The van der Waals surface area contributed by atoms with Crippen LogP contribution in [0.5, 0.6) is 0 Å². The lowest BCUT2D eigenvalue weighted by molar-refractivity contribution is -0.142. The van der Waals surface area contributed by atoms with Crippen LogP contribution in [-0.2, 0) is 11.3 Å². The summed E-state index contributed by atoms with van der Waals surface area (Å²) >= 11 is 0. The molecule has 1 aromatic heterocycles. The molecule has 1 aliphatic rings. The van der Waals surface area contributed by atoms with Crippen molar-refractivity contribution in [2.45, 2.75) is 39.2 Å². The Morgan fingerprint density at radius 2 is 2.25 bits per heavy atom. The van der Waals surface area contributed by atoms with E-state index in [1.807, 2.05) is 16.8 Å². The van der Waals surface area contributed by atoms with Crippen molar-refractivity contribution >= 4 is 11.9 Å². The van der Waals surface area contributed by atoms with Crippen molar-refractivity contribution in [2.75, 3.05) is 6.54 Å². The summed E-state index contributed by atoms with van der Waals surface area (Å²) in [6, 6.07) is 3.66. The maximum absolute atomic E-state index is 12.2. The average molecular weight is 278 g/mol. The van der Waals surface area contributed by atoms with Crippen LogP contribution in [0.2, 0.25) is 0 Å². The van der Waals surface area contributed by atoms with Crippen molar-refractivity contribution < 1.29 is 14.7 Å². The van der Waals surface area contributed by atoms with Gasteiger partial charge in [0.1, 0.15) is 5.69 Å². The SMILES string of the molecule is CCCn1cccc1C(=O)NCC1CCCC1C(=O)O. The molecule has 0 aliphatic heterocycles. The van der Waals surface area contributed by atoms with Crippen LogP contribution in [-0.4, -0.2) is 28.1 Å². The molecule has 1 amide bonds. The second kappa shape index (κ2) is 6.59. The third kappa shape index (κ3) is 3.21. The molecular weight excluding hydrogens is 256 g/mol. The second-order valence-corrected chi connectivity index (χ2v) is 5.43. The van der Waals surface area contributed by atoms with E-state index >= 15 is 0 Å². The van der Waals surface area contributed by atoms with Crippen LogP contribution in [0.25, 0.3) is 0 Å². The van der Waals surface area contributed by atoms with Gasteiger partial charge in [-0.3, -0.25) is 9.59 Å². The maximum Gasteiger partial charge on any atom is 0.306 e. The highest BCUT2D eigenvalue weighted by Crippen LogP contribution is 2.31. The van der Waals surface area contributed by atoms with Crippen LogP contribution in [0.4, 0.5) is 0 Å². The van der Waals surface area contributed by atoms with Crippen LogP contribution in [0.15, 0.2) is 18.3 Å². The van der Waals surface area contributed by atoms with E-state index in [1.54, 1.807) is 6.07 Å². The Bertz CT molecular complexity index is 481. The predicted molar refractivity (Wildman–Crippen MR) is 75.5 cm³/mol. The minimum absolute atomic E-state index is 0.0611. The van der Waals surface area contributed by atoms with E-state index in [2.05, 4.69) is 12.2 Å². The molecule has 110 valence electrons. The predicted octanol–water partition coefficient (Wildman–Crippen LogP) is 2.13. The summed E-state index contributed by atoms with van der Waals surface area (Å²) in [4.78, 5) is 23.3. The van der Waals surface area contributed by atoms with Gasteiger partial charge in [0.05, 0.1) is 5.92 Å². The van der Waals surface area contributed by atoms with Crippen molar-refractivity contribution in [2.24, 2.45) is 11.8 Å². The number of carbonyl (C=O) groups is 2. The minimum Gasteiger partial charge on any atom is -0.481 e. The molecule has 0 saturated heterocycles. The molecule has 1 heterocycles. The van der Waals surface area contributed by atoms with E-state index < -0.39 is 5.97 Å². The van der Waals surface area contributed by atoms with E-state index in [-0.39, 0.29) is 17.7 Å². The molecule has 2 rings (SSSR count). The number of rotatable bonds is 6. The zero-order valence-corrected chi connectivity index (χ0v) is 11.8. The van der Waals surface area contributed by atoms with E-state index in [1.165, 1.54) is 0 Å². The van der Waals surface area contributed by atoms with Gasteiger partial charge in [0.25, 0.3) is 5.91 Å². The number of hydrogen-bond donors (Lipinski definition) is 2.